The summed E-state index contributed by atoms with van der Waals surface area (Å²) in [6.45, 7) is 6.30. The zero-order valence-corrected chi connectivity index (χ0v) is 14.7. The molecule has 0 unspecified atom stereocenters. The van der Waals surface area contributed by atoms with Crippen molar-refractivity contribution < 1.29 is 14.4 Å². The second kappa shape index (κ2) is 5.94. The molecule has 0 spiro atoms. The summed E-state index contributed by atoms with van der Waals surface area (Å²) in [7, 11) is 0. The van der Waals surface area contributed by atoms with Crippen molar-refractivity contribution in [3.05, 3.63) is 30.1 Å². The van der Waals surface area contributed by atoms with Crippen LogP contribution in [-0.4, -0.2) is 57.5 Å². The second-order valence-electron chi connectivity index (χ2n) is 7.71. The fourth-order valence-corrected chi connectivity index (χ4v) is 3.70. The average Bonchev–Trinajstić information content (AvgIpc) is 3.24. The summed E-state index contributed by atoms with van der Waals surface area (Å²) in [5.41, 5.74) is 0.657. The smallest absolute Gasteiger partial charge is 0.434 e. The van der Waals surface area contributed by atoms with Gasteiger partial charge in [-0.1, -0.05) is 5.22 Å². The predicted molar refractivity (Wildman–Crippen MR) is 88.4 cm³/mol. The molecule has 1 saturated heterocycles. The highest BCUT2D eigenvalue weighted by Crippen LogP contribution is 2.43. The maximum Gasteiger partial charge on any atom is 0.434 e. The summed E-state index contributed by atoms with van der Waals surface area (Å²) < 4.78 is 5.46. The molecular weight excluding hydrogens is 322 g/mol. The number of aromatic nitrogens is 1. The van der Waals surface area contributed by atoms with Gasteiger partial charge < -0.3 is 4.74 Å². The quantitative estimate of drug-likeness (QED) is 0.840. The minimum Gasteiger partial charge on any atom is -0.442 e. The van der Waals surface area contributed by atoms with Crippen molar-refractivity contribution in [1.82, 2.24) is 15.1 Å². The highest BCUT2D eigenvalue weighted by molar-refractivity contribution is 5.68. The van der Waals surface area contributed by atoms with Gasteiger partial charge in [0.1, 0.15) is 17.7 Å². The van der Waals surface area contributed by atoms with Gasteiger partial charge in [-0.3, -0.25) is 14.8 Å². The summed E-state index contributed by atoms with van der Waals surface area (Å²) in [6.07, 6.45) is 4.68. The highest BCUT2D eigenvalue weighted by atomic mass is 16.7. The lowest BCUT2D eigenvalue weighted by Crippen LogP contribution is -2.54. The molecule has 2 bridgehead atoms. The highest BCUT2D eigenvalue weighted by Gasteiger charge is 2.60. The number of rotatable bonds is 3. The molecular formula is C17H23N5O3. The van der Waals surface area contributed by atoms with Crippen LogP contribution in [0.4, 0.5) is 4.79 Å². The normalized spacial score (nSPS) is 30.0. The summed E-state index contributed by atoms with van der Waals surface area (Å²) in [6, 6.07) is 4.00. The topological polar surface area (TPSA) is 79.6 Å². The maximum atomic E-state index is 12.4. The summed E-state index contributed by atoms with van der Waals surface area (Å²) in [5, 5.41) is 12.1. The number of fused-ring (bicyclic) bond motifs is 5. The van der Waals surface area contributed by atoms with E-state index < -0.39 is 11.7 Å². The monoisotopic (exact) mass is 345 g/mol. The minimum absolute atomic E-state index is 0.00104. The van der Waals surface area contributed by atoms with E-state index in [1.54, 1.807) is 12.4 Å². The third-order valence-corrected chi connectivity index (χ3v) is 4.75. The molecule has 0 radical (unpaired) electrons. The molecule has 8 nitrogen and oxygen atoms in total. The van der Waals surface area contributed by atoms with Crippen LogP contribution in [0.15, 0.2) is 34.9 Å². The molecule has 25 heavy (non-hydrogen) atoms. The van der Waals surface area contributed by atoms with Gasteiger partial charge in [-0.25, -0.2) is 4.79 Å². The van der Waals surface area contributed by atoms with E-state index in [9.17, 15) is 4.79 Å². The van der Waals surface area contributed by atoms with Gasteiger partial charge in [-0.05, 0) is 44.9 Å². The average molecular weight is 345 g/mol. The number of nitrogens with zero attached hydrogens (tertiary/aromatic N) is 5. The van der Waals surface area contributed by atoms with Crippen molar-refractivity contribution >= 4 is 6.09 Å². The Morgan fingerprint density at radius 1 is 1.36 bits per heavy atom. The van der Waals surface area contributed by atoms with Gasteiger partial charge in [0.15, 0.2) is 0 Å². The van der Waals surface area contributed by atoms with Crippen LogP contribution in [-0.2, 0) is 16.0 Å². The zero-order chi connectivity index (χ0) is 17.6. The van der Waals surface area contributed by atoms with E-state index in [0.717, 1.165) is 19.4 Å². The number of ether oxygens (including phenoxy) is 1. The first kappa shape index (κ1) is 16.3. The van der Waals surface area contributed by atoms with Gasteiger partial charge in [0.2, 0.25) is 0 Å². The van der Waals surface area contributed by atoms with Gasteiger partial charge in [0.05, 0.1) is 12.1 Å². The van der Waals surface area contributed by atoms with Crippen molar-refractivity contribution in [2.24, 2.45) is 10.3 Å². The summed E-state index contributed by atoms with van der Waals surface area (Å²) in [4.78, 5) is 22.2. The molecule has 4 rings (SSSR count). The van der Waals surface area contributed by atoms with E-state index in [0.29, 0.717) is 0 Å². The van der Waals surface area contributed by atoms with Crippen molar-refractivity contribution in [2.45, 2.75) is 63.4 Å². The SMILES string of the molecule is CC(C)(C)OC(=O)N1O[C@H]2C[C@@H]1[C@@H]1[C@@H]2N=NN1CCc1ccncc1. The van der Waals surface area contributed by atoms with Gasteiger partial charge in [0.25, 0.3) is 0 Å². The largest absolute Gasteiger partial charge is 0.442 e. The first-order valence-electron chi connectivity index (χ1n) is 8.68. The fourth-order valence-electron chi connectivity index (χ4n) is 3.70. The number of hydroxylamine groups is 2. The van der Waals surface area contributed by atoms with Gasteiger partial charge in [-0.2, -0.15) is 10.2 Å². The first-order chi connectivity index (χ1) is 11.9. The molecule has 1 aliphatic carbocycles. The van der Waals surface area contributed by atoms with Crippen LogP contribution < -0.4 is 0 Å². The van der Waals surface area contributed by atoms with Gasteiger partial charge in [-0.15, -0.1) is 0 Å². The van der Waals surface area contributed by atoms with Crippen LogP contribution in [0.2, 0.25) is 0 Å². The number of amides is 1. The summed E-state index contributed by atoms with van der Waals surface area (Å²) in [5.74, 6) is 0. The van der Waals surface area contributed by atoms with Crippen molar-refractivity contribution in [2.75, 3.05) is 6.54 Å². The lowest BCUT2D eigenvalue weighted by atomic mass is 10.1. The lowest BCUT2D eigenvalue weighted by Gasteiger charge is -2.36. The van der Waals surface area contributed by atoms with Gasteiger partial charge >= 0.3 is 6.09 Å². The van der Waals surface area contributed by atoms with Crippen LogP contribution >= 0.6 is 0 Å². The number of carbonyl (C=O) groups excluding carboxylic acids is 1. The van der Waals surface area contributed by atoms with Crippen LogP contribution in [0, 0.1) is 0 Å². The Morgan fingerprint density at radius 3 is 2.84 bits per heavy atom. The van der Waals surface area contributed by atoms with Crippen molar-refractivity contribution in [3.8, 4) is 0 Å². The molecule has 1 aromatic heterocycles. The minimum atomic E-state index is -0.548. The Balaban J connectivity index is 1.42. The molecule has 0 aromatic carbocycles. The maximum absolute atomic E-state index is 12.4. The summed E-state index contributed by atoms with van der Waals surface area (Å²) >= 11 is 0. The van der Waals surface area contributed by atoms with Gasteiger partial charge in [0, 0.05) is 25.4 Å². The third kappa shape index (κ3) is 3.06. The number of hydrogen-bond acceptors (Lipinski definition) is 7. The molecule has 134 valence electrons. The van der Waals surface area contributed by atoms with E-state index in [2.05, 4.69) is 15.3 Å². The van der Waals surface area contributed by atoms with Crippen LogP contribution in [0.1, 0.15) is 32.8 Å². The van der Waals surface area contributed by atoms with Crippen molar-refractivity contribution in [3.63, 3.8) is 0 Å². The van der Waals surface area contributed by atoms with E-state index in [4.69, 9.17) is 9.57 Å². The van der Waals surface area contributed by atoms with E-state index in [-0.39, 0.29) is 24.2 Å². The van der Waals surface area contributed by atoms with E-state index in [1.165, 1.54) is 10.6 Å². The zero-order valence-electron chi connectivity index (χ0n) is 14.7. The Labute approximate surface area is 146 Å². The Bertz CT molecular complexity index is 675. The van der Waals surface area contributed by atoms with Crippen molar-refractivity contribution in [1.29, 1.82) is 0 Å². The van der Waals surface area contributed by atoms with Crippen LogP contribution in [0.3, 0.4) is 0 Å². The van der Waals surface area contributed by atoms with Crippen LogP contribution in [0.5, 0.6) is 0 Å². The third-order valence-electron chi connectivity index (χ3n) is 4.75. The number of carbonyl (C=O) groups is 1. The van der Waals surface area contributed by atoms with E-state index in [1.807, 2.05) is 37.9 Å². The standard InChI is InChI=1S/C17H23N5O3/c1-17(2,3)24-16(23)22-12-10-13(25-22)14-15(12)21(20-19-14)9-6-11-4-7-18-8-5-11/h4-5,7-8,12-15H,6,9-10H2,1-3H3/t12-,13+,14-,15-/m1/s1. The molecule has 3 aliphatic rings. The second-order valence-corrected chi connectivity index (χ2v) is 7.71. The molecule has 8 heteroatoms. The number of hydrogen-bond donors (Lipinski definition) is 0. The fraction of sp³-hybridized carbons (Fsp3) is 0.647. The molecule has 1 amide bonds. The predicted octanol–water partition coefficient (Wildman–Crippen LogP) is 2.37. The number of pyridine rings is 1. The molecule has 4 atom stereocenters. The first-order valence-corrected chi connectivity index (χ1v) is 8.68. The lowest BCUT2D eigenvalue weighted by molar-refractivity contribution is -0.185. The molecule has 3 heterocycles. The Kier molecular flexibility index (Phi) is 3.87. The van der Waals surface area contributed by atoms with E-state index >= 15 is 0 Å². The Hall–Kier alpha value is -2.22. The molecule has 0 N–H and O–H groups in total. The molecule has 1 aromatic rings. The van der Waals surface area contributed by atoms with Crippen LogP contribution in [0.25, 0.3) is 0 Å². The molecule has 1 saturated carbocycles. The Morgan fingerprint density at radius 2 is 2.12 bits per heavy atom. The molecule has 2 fully saturated rings. The molecule has 2 aliphatic heterocycles.